The van der Waals surface area contributed by atoms with Crippen LogP contribution >= 0.6 is 0 Å². The first kappa shape index (κ1) is 17.6. The molecule has 4 aliphatic rings. The average Bonchev–Trinajstić information content (AvgIpc) is 2.56. The number of primary amides is 1. The number of aliphatic hydroxyl groups is 1. The first-order valence-corrected chi connectivity index (χ1v) is 9.44. The van der Waals surface area contributed by atoms with E-state index in [1.54, 1.807) is 7.11 Å². The molecule has 4 aliphatic carbocycles. The molecule has 5 rings (SSSR count). The highest BCUT2D eigenvalue weighted by molar-refractivity contribution is 5.75. The molecule has 4 N–H and O–H groups in total. The van der Waals surface area contributed by atoms with Crippen molar-refractivity contribution in [3.63, 3.8) is 0 Å². The number of hydrogen-bond donors (Lipinski definition) is 3. The maximum absolute atomic E-state index is 10.9. The number of amides is 1. The van der Waals surface area contributed by atoms with Crippen molar-refractivity contribution in [1.29, 1.82) is 0 Å². The third kappa shape index (κ3) is 3.40. The summed E-state index contributed by atoms with van der Waals surface area (Å²) in [4.78, 5) is 10.9. The summed E-state index contributed by atoms with van der Waals surface area (Å²) in [5.74, 6) is 1.91. The summed E-state index contributed by atoms with van der Waals surface area (Å²) in [7, 11) is 1.58. The lowest BCUT2D eigenvalue weighted by molar-refractivity contribution is -0.142. The number of hydrogen-bond acceptors (Lipinski definition) is 5. The molecule has 1 amide bonds. The van der Waals surface area contributed by atoms with Gasteiger partial charge in [-0.25, -0.2) is 0 Å². The van der Waals surface area contributed by atoms with Crippen LogP contribution in [0.5, 0.6) is 11.5 Å². The van der Waals surface area contributed by atoms with Crippen molar-refractivity contribution in [3.05, 3.63) is 23.8 Å². The van der Waals surface area contributed by atoms with Crippen LogP contribution in [0.15, 0.2) is 18.2 Å². The summed E-state index contributed by atoms with van der Waals surface area (Å²) in [5, 5.41) is 14.6. The Morgan fingerprint density at radius 3 is 2.62 bits per heavy atom. The minimum Gasteiger partial charge on any atom is -0.493 e. The molecule has 4 fully saturated rings. The van der Waals surface area contributed by atoms with Crippen LogP contribution in [0.4, 0.5) is 0 Å². The number of carbonyl (C=O) groups excluding carboxylic acids is 1. The summed E-state index contributed by atoms with van der Waals surface area (Å²) in [6.45, 7) is 0.556. The van der Waals surface area contributed by atoms with E-state index in [2.05, 4.69) is 5.32 Å². The quantitative estimate of drug-likeness (QED) is 0.688. The standard InChI is InChI=1S/C20H28N2O4/c1-25-17-5-13(2-3-16(17)26-11-18(21)23)10-22-19-6-14-4-15(7-19)9-20(24,8-14)12-19/h2-3,5,14-15,22,24H,4,6-12H2,1H3,(H2,21,23). The van der Waals surface area contributed by atoms with E-state index in [1.807, 2.05) is 18.2 Å². The van der Waals surface area contributed by atoms with Crippen LogP contribution in [-0.4, -0.2) is 35.9 Å². The topological polar surface area (TPSA) is 93.8 Å². The summed E-state index contributed by atoms with van der Waals surface area (Å²) in [6.07, 6.45) is 6.44. The van der Waals surface area contributed by atoms with Gasteiger partial charge in [0.05, 0.1) is 12.7 Å². The van der Waals surface area contributed by atoms with Gasteiger partial charge in [0.25, 0.3) is 5.91 Å². The third-order valence-electron chi connectivity index (χ3n) is 6.30. The number of nitrogens with one attached hydrogen (secondary N) is 1. The van der Waals surface area contributed by atoms with E-state index >= 15 is 0 Å². The zero-order valence-corrected chi connectivity index (χ0v) is 15.3. The van der Waals surface area contributed by atoms with E-state index in [0.717, 1.165) is 31.4 Å². The zero-order valence-electron chi connectivity index (χ0n) is 15.3. The number of nitrogens with two attached hydrogens (primary N) is 1. The second-order valence-corrected chi connectivity index (χ2v) is 8.56. The van der Waals surface area contributed by atoms with Crippen LogP contribution < -0.4 is 20.5 Å². The Balaban J connectivity index is 1.44. The van der Waals surface area contributed by atoms with E-state index in [9.17, 15) is 9.90 Å². The van der Waals surface area contributed by atoms with Crippen molar-refractivity contribution in [2.45, 2.75) is 56.2 Å². The highest BCUT2D eigenvalue weighted by Gasteiger charge is 2.56. The Bertz CT molecular complexity index is 691. The van der Waals surface area contributed by atoms with Crippen molar-refractivity contribution in [2.24, 2.45) is 17.6 Å². The van der Waals surface area contributed by atoms with E-state index in [4.69, 9.17) is 15.2 Å². The SMILES string of the molecule is COc1cc(CNC23CC4CC(CC(O)(C4)C2)C3)ccc1OCC(N)=O. The minimum atomic E-state index is -0.516. The zero-order chi connectivity index (χ0) is 18.4. The molecule has 26 heavy (non-hydrogen) atoms. The summed E-state index contributed by atoms with van der Waals surface area (Å²) < 4.78 is 10.8. The van der Waals surface area contributed by atoms with Gasteiger partial charge in [-0.1, -0.05) is 6.07 Å². The molecule has 142 valence electrons. The van der Waals surface area contributed by atoms with Crippen molar-refractivity contribution in [2.75, 3.05) is 13.7 Å². The minimum absolute atomic E-state index is 0.0627. The molecule has 0 heterocycles. The molecule has 0 aromatic heterocycles. The number of rotatable bonds is 7. The lowest BCUT2D eigenvalue weighted by Crippen LogP contribution is -2.64. The first-order valence-electron chi connectivity index (χ1n) is 9.44. The summed E-state index contributed by atoms with van der Waals surface area (Å²) >= 11 is 0. The van der Waals surface area contributed by atoms with Crippen molar-refractivity contribution in [3.8, 4) is 11.5 Å². The Morgan fingerprint density at radius 2 is 2.00 bits per heavy atom. The van der Waals surface area contributed by atoms with Gasteiger partial charge >= 0.3 is 0 Å². The maximum atomic E-state index is 10.9. The molecule has 1 aromatic carbocycles. The first-order chi connectivity index (χ1) is 12.4. The van der Waals surface area contributed by atoms with Gasteiger partial charge in [-0.15, -0.1) is 0 Å². The van der Waals surface area contributed by atoms with Crippen molar-refractivity contribution < 1.29 is 19.4 Å². The lowest BCUT2D eigenvalue weighted by atomic mass is 9.51. The second-order valence-electron chi connectivity index (χ2n) is 8.56. The van der Waals surface area contributed by atoms with Gasteiger partial charge < -0.3 is 25.6 Å². The van der Waals surface area contributed by atoms with Gasteiger partial charge in [-0.3, -0.25) is 4.79 Å². The molecular formula is C20H28N2O4. The molecular weight excluding hydrogens is 332 g/mol. The van der Waals surface area contributed by atoms with Gasteiger partial charge in [-0.2, -0.15) is 0 Å². The number of benzene rings is 1. The lowest BCUT2D eigenvalue weighted by Gasteiger charge is -2.60. The highest BCUT2D eigenvalue weighted by Crippen LogP contribution is 2.57. The molecule has 0 radical (unpaired) electrons. The number of ether oxygens (including phenoxy) is 2. The fourth-order valence-corrected chi connectivity index (χ4v) is 5.80. The molecule has 2 unspecified atom stereocenters. The highest BCUT2D eigenvalue weighted by atomic mass is 16.5. The molecule has 2 atom stereocenters. The molecule has 6 heteroatoms. The molecule has 1 aromatic rings. The smallest absolute Gasteiger partial charge is 0.255 e. The van der Waals surface area contributed by atoms with Gasteiger partial charge in [0, 0.05) is 12.1 Å². The van der Waals surface area contributed by atoms with Crippen LogP contribution in [-0.2, 0) is 11.3 Å². The Labute approximate surface area is 154 Å². The van der Waals surface area contributed by atoms with Crippen molar-refractivity contribution in [1.82, 2.24) is 5.32 Å². The van der Waals surface area contributed by atoms with Crippen LogP contribution in [0.1, 0.15) is 44.1 Å². The van der Waals surface area contributed by atoms with E-state index < -0.39 is 11.5 Å². The second kappa shape index (κ2) is 6.43. The van der Waals surface area contributed by atoms with Crippen molar-refractivity contribution >= 4 is 5.91 Å². The Kier molecular flexibility index (Phi) is 4.35. The van der Waals surface area contributed by atoms with E-state index in [0.29, 0.717) is 23.3 Å². The van der Waals surface area contributed by atoms with Gasteiger partial charge in [0.1, 0.15) is 0 Å². The predicted octanol–water partition coefficient (Wildman–Crippen LogP) is 1.73. The number of carbonyl (C=O) groups is 1. The molecule has 4 bridgehead atoms. The Morgan fingerprint density at radius 1 is 1.27 bits per heavy atom. The molecule has 0 saturated heterocycles. The van der Waals surface area contributed by atoms with Gasteiger partial charge in [0.2, 0.25) is 0 Å². The number of methoxy groups -OCH3 is 1. The van der Waals surface area contributed by atoms with Crippen LogP contribution in [0.2, 0.25) is 0 Å². The summed E-state index contributed by atoms with van der Waals surface area (Å²) in [6, 6.07) is 5.71. The Hall–Kier alpha value is -1.79. The fourth-order valence-electron chi connectivity index (χ4n) is 5.80. The normalized spacial score (nSPS) is 34.7. The molecule has 0 aliphatic heterocycles. The molecule has 0 spiro atoms. The largest absolute Gasteiger partial charge is 0.493 e. The van der Waals surface area contributed by atoms with Crippen LogP contribution in [0, 0.1) is 11.8 Å². The average molecular weight is 360 g/mol. The molecule has 6 nitrogen and oxygen atoms in total. The predicted molar refractivity (Wildman–Crippen MR) is 96.9 cm³/mol. The third-order valence-corrected chi connectivity index (χ3v) is 6.30. The fraction of sp³-hybridized carbons (Fsp3) is 0.650. The summed E-state index contributed by atoms with van der Waals surface area (Å²) in [5.41, 5.74) is 5.83. The maximum Gasteiger partial charge on any atom is 0.255 e. The van der Waals surface area contributed by atoms with Crippen LogP contribution in [0.3, 0.4) is 0 Å². The van der Waals surface area contributed by atoms with E-state index in [-0.39, 0.29) is 12.1 Å². The monoisotopic (exact) mass is 360 g/mol. The molecule has 4 saturated carbocycles. The van der Waals surface area contributed by atoms with Gasteiger partial charge in [0.15, 0.2) is 18.1 Å². The van der Waals surface area contributed by atoms with Gasteiger partial charge in [-0.05, 0) is 68.1 Å². The van der Waals surface area contributed by atoms with E-state index in [1.165, 1.54) is 19.3 Å². The van der Waals surface area contributed by atoms with Crippen LogP contribution in [0.25, 0.3) is 0 Å².